The summed E-state index contributed by atoms with van der Waals surface area (Å²) in [6.45, 7) is 3.61. The van der Waals surface area contributed by atoms with Gasteiger partial charge >= 0.3 is 0 Å². The largest absolute Gasteiger partial charge is 0.395 e. The van der Waals surface area contributed by atoms with Crippen LogP contribution < -0.4 is 5.32 Å². The minimum Gasteiger partial charge on any atom is -0.395 e. The summed E-state index contributed by atoms with van der Waals surface area (Å²) in [6, 6.07) is 5.55. The van der Waals surface area contributed by atoms with Crippen molar-refractivity contribution >= 4 is 0 Å². The molecule has 1 aromatic carbocycles. The van der Waals surface area contributed by atoms with E-state index in [2.05, 4.69) is 5.32 Å². The molecule has 0 aromatic heterocycles. The maximum absolute atomic E-state index is 12.9. The zero-order valence-electron chi connectivity index (χ0n) is 9.52. The minimum atomic E-state index is -0.787. The van der Waals surface area contributed by atoms with Crippen LogP contribution in [0.15, 0.2) is 24.3 Å². The van der Waals surface area contributed by atoms with Gasteiger partial charge in [0.1, 0.15) is 5.82 Å². The van der Waals surface area contributed by atoms with Gasteiger partial charge in [-0.15, -0.1) is 0 Å². The zero-order chi connectivity index (χ0) is 12.1. The molecule has 1 aromatic rings. The Hall–Kier alpha value is -0.970. The van der Waals surface area contributed by atoms with Crippen LogP contribution in [0.5, 0.6) is 0 Å². The van der Waals surface area contributed by atoms with E-state index in [0.29, 0.717) is 5.56 Å². The van der Waals surface area contributed by atoms with Crippen LogP contribution in [-0.4, -0.2) is 28.9 Å². The summed E-state index contributed by atoms with van der Waals surface area (Å²) in [6.07, 6.45) is -0.787. The fraction of sp³-hybridized carbons (Fsp3) is 0.500. The minimum absolute atomic E-state index is 0.000209. The summed E-state index contributed by atoms with van der Waals surface area (Å²) in [5.41, 5.74) is 0.533. The van der Waals surface area contributed by atoms with Crippen molar-refractivity contribution in [3.63, 3.8) is 0 Å². The Labute approximate surface area is 94.9 Å². The molecule has 0 heterocycles. The second kappa shape index (κ2) is 5.94. The van der Waals surface area contributed by atoms with Crippen LogP contribution in [0.1, 0.15) is 25.5 Å². The number of hydrogen-bond acceptors (Lipinski definition) is 3. The van der Waals surface area contributed by atoms with E-state index >= 15 is 0 Å². The molecule has 90 valence electrons. The first kappa shape index (κ1) is 13.1. The van der Waals surface area contributed by atoms with Gasteiger partial charge in [-0.05, 0) is 31.5 Å². The van der Waals surface area contributed by atoms with E-state index in [4.69, 9.17) is 5.11 Å². The van der Waals surface area contributed by atoms with Crippen molar-refractivity contribution in [1.29, 1.82) is 0 Å². The Morgan fingerprint density at radius 1 is 1.38 bits per heavy atom. The molecule has 0 saturated heterocycles. The van der Waals surface area contributed by atoms with Crippen molar-refractivity contribution in [3.8, 4) is 0 Å². The Bertz CT molecular complexity index is 333. The fourth-order valence-electron chi connectivity index (χ4n) is 1.57. The molecule has 3 unspecified atom stereocenters. The van der Waals surface area contributed by atoms with Gasteiger partial charge in [0, 0.05) is 12.1 Å². The summed E-state index contributed by atoms with van der Waals surface area (Å²) < 4.78 is 12.9. The quantitative estimate of drug-likeness (QED) is 0.709. The molecule has 0 aliphatic carbocycles. The third-order valence-electron chi connectivity index (χ3n) is 2.49. The van der Waals surface area contributed by atoms with E-state index in [9.17, 15) is 9.50 Å². The van der Waals surface area contributed by atoms with Crippen molar-refractivity contribution in [2.75, 3.05) is 6.61 Å². The van der Waals surface area contributed by atoms with Crippen LogP contribution in [0.4, 0.5) is 4.39 Å². The normalized spacial score (nSPS) is 16.8. The SMILES string of the molecule is CC(CO)NC(C)C(O)c1cccc(F)c1. The van der Waals surface area contributed by atoms with E-state index in [1.165, 1.54) is 12.1 Å². The average Bonchev–Trinajstić information content (AvgIpc) is 2.27. The second-order valence-electron chi connectivity index (χ2n) is 4.04. The lowest BCUT2D eigenvalue weighted by Crippen LogP contribution is -2.40. The molecule has 3 atom stereocenters. The Morgan fingerprint density at radius 2 is 2.06 bits per heavy atom. The lowest BCUT2D eigenvalue weighted by molar-refractivity contribution is 0.121. The van der Waals surface area contributed by atoms with E-state index in [0.717, 1.165) is 0 Å². The average molecular weight is 227 g/mol. The number of hydrogen-bond donors (Lipinski definition) is 3. The Kier molecular flexibility index (Phi) is 4.86. The highest BCUT2D eigenvalue weighted by molar-refractivity contribution is 5.19. The van der Waals surface area contributed by atoms with Gasteiger partial charge in [-0.3, -0.25) is 0 Å². The predicted octanol–water partition coefficient (Wildman–Crippen LogP) is 1.22. The molecule has 0 spiro atoms. The van der Waals surface area contributed by atoms with Gasteiger partial charge in [0.2, 0.25) is 0 Å². The highest BCUT2D eigenvalue weighted by atomic mass is 19.1. The first-order valence-electron chi connectivity index (χ1n) is 5.35. The van der Waals surface area contributed by atoms with Crippen molar-refractivity contribution in [2.45, 2.75) is 32.0 Å². The van der Waals surface area contributed by atoms with Crippen molar-refractivity contribution in [2.24, 2.45) is 0 Å². The molecule has 4 heteroatoms. The standard InChI is InChI=1S/C12H18FNO2/c1-8(7-15)14-9(2)12(16)10-4-3-5-11(13)6-10/h3-6,8-9,12,14-16H,7H2,1-2H3. The Morgan fingerprint density at radius 3 is 2.62 bits per heavy atom. The number of benzene rings is 1. The third kappa shape index (κ3) is 3.56. The molecular formula is C12H18FNO2. The lowest BCUT2D eigenvalue weighted by Gasteiger charge is -2.23. The number of nitrogens with one attached hydrogen (secondary N) is 1. The third-order valence-corrected chi connectivity index (χ3v) is 2.49. The molecule has 16 heavy (non-hydrogen) atoms. The van der Waals surface area contributed by atoms with Crippen LogP contribution in [0.3, 0.4) is 0 Å². The maximum Gasteiger partial charge on any atom is 0.123 e. The molecule has 0 radical (unpaired) electrons. The van der Waals surface area contributed by atoms with Crippen molar-refractivity contribution in [3.05, 3.63) is 35.6 Å². The van der Waals surface area contributed by atoms with Crippen LogP contribution >= 0.6 is 0 Å². The molecule has 0 saturated carbocycles. The zero-order valence-corrected chi connectivity index (χ0v) is 9.52. The van der Waals surface area contributed by atoms with Crippen LogP contribution in [0, 0.1) is 5.82 Å². The van der Waals surface area contributed by atoms with Gasteiger partial charge in [-0.2, -0.15) is 0 Å². The summed E-state index contributed by atoms with van der Waals surface area (Å²) in [5, 5.41) is 21.8. The number of aliphatic hydroxyl groups is 2. The van der Waals surface area contributed by atoms with E-state index in [1.54, 1.807) is 19.1 Å². The van der Waals surface area contributed by atoms with E-state index in [-0.39, 0.29) is 24.5 Å². The highest BCUT2D eigenvalue weighted by Gasteiger charge is 2.17. The van der Waals surface area contributed by atoms with Gasteiger partial charge in [-0.1, -0.05) is 12.1 Å². The smallest absolute Gasteiger partial charge is 0.123 e. The highest BCUT2D eigenvalue weighted by Crippen LogP contribution is 2.17. The molecule has 0 bridgehead atoms. The number of rotatable bonds is 5. The first-order valence-corrected chi connectivity index (χ1v) is 5.35. The van der Waals surface area contributed by atoms with Crippen molar-refractivity contribution in [1.82, 2.24) is 5.32 Å². The molecule has 0 amide bonds. The summed E-state index contributed by atoms with van der Waals surface area (Å²) >= 11 is 0. The summed E-state index contributed by atoms with van der Waals surface area (Å²) in [5.74, 6) is -0.362. The van der Waals surface area contributed by atoms with E-state index < -0.39 is 6.10 Å². The van der Waals surface area contributed by atoms with Crippen molar-refractivity contribution < 1.29 is 14.6 Å². The summed E-state index contributed by atoms with van der Waals surface area (Å²) in [4.78, 5) is 0. The Balaban J connectivity index is 2.66. The molecular weight excluding hydrogens is 209 g/mol. The first-order chi connectivity index (χ1) is 7.54. The molecule has 0 aliphatic heterocycles. The van der Waals surface area contributed by atoms with Gasteiger partial charge < -0.3 is 15.5 Å². The van der Waals surface area contributed by atoms with E-state index in [1.807, 2.05) is 6.92 Å². The molecule has 3 N–H and O–H groups in total. The lowest BCUT2D eigenvalue weighted by atomic mass is 10.0. The topological polar surface area (TPSA) is 52.5 Å². The summed E-state index contributed by atoms with van der Waals surface area (Å²) in [7, 11) is 0. The molecule has 3 nitrogen and oxygen atoms in total. The predicted molar refractivity (Wildman–Crippen MR) is 60.5 cm³/mol. The van der Waals surface area contributed by atoms with Gasteiger partial charge in [0.05, 0.1) is 12.7 Å². The van der Waals surface area contributed by atoms with Crippen LogP contribution in [0.25, 0.3) is 0 Å². The van der Waals surface area contributed by atoms with Crippen LogP contribution in [0.2, 0.25) is 0 Å². The fourth-order valence-corrected chi connectivity index (χ4v) is 1.57. The number of aliphatic hydroxyl groups excluding tert-OH is 2. The number of halogens is 1. The van der Waals surface area contributed by atoms with Gasteiger partial charge in [0.15, 0.2) is 0 Å². The monoisotopic (exact) mass is 227 g/mol. The molecule has 0 aliphatic rings. The van der Waals surface area contributed by atoms with Crippen LogP contribution in [-0.2, 0) is 0 Å². The van der Waals surface area contributed by atoms with Gasteiger partial charge in [0.25, 0.3) is 0 Å². The van der Waals surface area contributed by atoms with Gasteiger partial charge in [-0.25, -0.2) is 4.39 Å². The maximum atomic E-state index is 12.9. The molecule has 0 fully saturated rings. The second-order valence-corrected chi connectivity index (χ2v) is 4.04. The molecule has 1 rings (SSSR count).